The van der Waals surface area contributed by atoms with Crippen LogP contribution in [0.1, 0.15) is 31.3 Å². The third-order valence-electron chi connectivity index (χ3n) is 5.56. The van der Waals surface area contributed by atoms with E-state index in [1.807, 2.05) is 79.1 Å². The average Bonchev–Trinajstić information content (AvgIpc) is 3.34. The summed E-state index contributed by atoms with van der Waals surface area (Å²) < 4.78 is 13.5. The number of aryl methyl sites for hydroxylation is 1. The van der Waals surface area contributed by atoms with Crippen LogP contribution in [0.4, 0.5) is 11.4 Å². The normalized spacial score (nSPS) is 11.5. The molecule has 0 spiro atoms. The first-order valence-corrected chi connectivity index (χ1v) is 13.0. The van der Waals surface area contributed by atoms with E-state index in [9.17, 15) is 9.59 Å². The monoisotopic (exact) mass is 531 g/mol. The summed E-state index contributed by atoms with van der Waals surface area (Å²) >= 11 is 1.28. The Balaban J connectivity index is 1.51. The first kappa shape index (κ1) is 26.7. The SMILES string of the molecule is COc1ccccc1OC(C)c1nnc(SCC(=O)Nc2ccc(NC(C)=O)c(C)c2)n1-c1ccccc1. The molecule has 38 heavy (non-hydrogen) atoms. The number of rotatable bonds is 10. The van der Waals surface area contributed by atoms with E-state index in [-0.39, 0.29) is 17.6 Å². The van der Waals surface area contributed by atoms with E-state index in [1.54, 1.807) is 19.2 Å². The van der Waals surface area contributed by atoms with Crippen LogP contribution in [0.15, 0.2) is 78.0 Å². The Morgan fingerprint density at radius 1 is 0.974 bits per heavy atom. The van der Waals surface area contributed by atoms with Gasteiger partial charge in [-0.05, 0) is 61.9 Å². The van der Waals surface area contributed by atoms with Gasteiger partial charge in [0.05, 0.1) is 12.9 Å². The van der Waals surface area contributed by atoms with Gasteiger partial charge in [-0.25, -0.2) is 0 Å². The summed E-state index contributed by atoms with van der Waals surface area (Å²) in [4.78, 5) is 24.1. The molecule has 0 radical (unpaired) electrons. The number of carbonyl (C=O) groups is 2. The maximum atomic E-state index is 12.8. The summed E-state index contributed by atoms with van der Waals surface area (Å²) in [5.74, 6) is 1.60. The minimum atomic E-state index is -0.452. The van der Waals surface area contributed by atoms with Crippen molar-refractivity contribution in [2.75, 3.05) is 23.5 Å². The number of amides is 2. The van der Waals surface area contributed by atoms with Crippen LogP contribution in [0, 0.1) is 6.92 Å². The number of aromatic nitrogens is 3. The number of thioether (sulfide) groups is 1. The maximum Gasteiger partial charge on any atom is 0.234 e. The molecule has 9 nitrogen and oxygen atoms in total. The lowest BCUT2D eigenvalue weighted by atomic mass is 10.1. The molecule has 4 aromatic rings. The van der Waals surface area contributed by atoms with Crippen molar-refractivity contribution in [3.05, 3.63) is 84.2 Å². The summed E-state index contributed by atoms with van der Waals surface area (Å²) in [5, 5.41) is 15.0. The van der Waals surface area contributed by atoms with Gasteiger partial charge in [-0.1, -0.05) is 42.1 Å². The van der Waals surface area contributed by atoms with E-state index < -0.39 is 6.10 Å². The minimum absolute atomic E-state index is 0.124. The van der Waals surface area contributed by atoms with Crippen molar-refractivity contribution in [1.82, 2.24) is 14.8 Å². The molecule has 0 saturated carbocycles. The van der Waals surface area contributed by atoms with Crippen LogP contribution in [0.2, 0.25) is 0 Å². The molecule has 0 aliphatic rings. The highest BCUT2D eigenvalue weighted by Gasteiger charge is 2.22. The molecule has 0 aliphatic heterocycles. The first-order chi connectivity index (χ1) is 18.4. The van der Waals surface area contributed by atoms with Gasteiger partial charge in [-0.15, -0.1) is 10.2 Å². The van der Waals surface area contributed by atoms with Gasteiger partial charge in [0.15, 0.2) is 28.6 Å². The second-order valence-corrected chi connectivity index (χ2v) is 9.41. The number of methoxy groups -OCH3 is 1. The number of carbonyl (C=O) groups excluding carboxylic acids is 2. The van der Waals surface area contributed by atoms with Gasteiger partial charge < -0.3 is 20.1 Å². The van der Waals surface area contributed by atoms with Crippen LogP contribution in [0.25, 0.3) is 5.69 Å². The highest BCUT2D eigenvalue weighted by Crippen LogP contribution is 2.32. The van der Waals surface area contributed by atoms with Crippen molar-refractivity contribution in [2.45, 2.75) is 32.0 Å². The number of anilines is 2. The molecule has 1 aromatic heterocycles. The lowest BCUT2D eigenvalue weighted by Crippen LogP contribution is -2.15. The van der Waals surface area contributed by atoms with Gasteiger partial charge in [0.25, 0.3) is 0 Å². The van der Waals surface area contributed by atoms with E-state index in [4.69, 9.17) is 9.47 Å². The summed E-state index contributed by atoms with van der Waals surface area (Å²) in [6.07, 6.45) is -0.452. The Morgan fingerprint density at radius 3 is 2.37 bits per heavy atom. The molecular formula is C28H29N5O4S. The van der Waals surface area contributed by atoms with Crippen LogP contribution >= 0.6 is 11.8 Å². The highest BCUT2D eigenvalue weighted by atomic mass is 32.2. The summed E-state index contributed by atoms with van der Waals surface area (Å²) in [7, 11) is 1.60. The lowest BCUT2D eigenvalue weighted by Gasteiger charge is -2.18. The number of para-hydroxylation sites is 3. The Bertz CT molecular complexity index is 1420. The molecule has 2 amide bonds. The largest absolute Gasteiger partial charge is 0.493 e. The predicted octanol–water partition coefficient (Wildman–Crippen LogP) is 5.41. The quantitative estimate of drug-likeness (QED) is 0.263. The molecule has 3 aromatic carbocycles. The Morgan fingerprint density at radius 2 is 1.68 bits per heavy atom. The Kier molecular flexibility index (Phi) is 8.65. The highest BCUT2D eigenvalue weighted by molar-refractivity contribution is 7.99. The third-order valence-corrected chi connectivity index (χ3v) is 6.49. The molecule has 10 heteroatoms. The fourth-order valence-electron chi connectivity index (χ4n) is 3.82. The summed E-state index contributed by atoms with van der Waals surface area (Å²) in [5.41, 5.74) is 3.06. The minimum Gasteiger partial charge on any atom is -0.493 e. The fourth-order valence-corrected chi connectivity index (χ4v) is 4.57. The number of hydrogen-bond donors (Lipinski definition) is 2. The Labute approximate surface area is 225 Å². The molecule has 4 rings (SSSR count). The van der Waals surface area contributed by atoms with Crippen molar-refractivity contribution in [2.24, 2.45) is 0 Å². The van der Waals surface area contributed by atoms with E-state index in [0.29, 0.717) is 33.9 Å². The number of hydrogen-bond acceptors (Lipinski definition) is 7. The van der Waals surface area contributed by atoms with Crippen LogP contribution in [0.5, 0.6) is 11.5 Å². The molecule has 0 fully saturated rings. The van der Waals surface area contributed by atoms with Crippen LogP contribution < -0.4 is 20.1 Å². The lowest BCUT2D eigenvalue weighted by molar-refractivity contribution is -0.114. The molecule has 0 saturated heterocycles. The molecule has 2 N–H and O–H groups in total. The van der Waals surface area contributed by atoms with Crippen LogP contribution in [0.3, 0.4) is 0 Å². The van der Waals surface area contributed by atoms with Gasteiger partial charge in [0.1, 0.15) is 0 Å². The zero-order chi connectivity index (χ0) is 27.1. The molecular weight excluding hydrogens is 502 g/mol. The van der Waals surface area contributed by atoms with E-state index in [1.165, 1.54) is 18.7 Å². The van der Waals surface area contributed by atoms with Gasteiger partial charge in [0, 0.05) is 24.0 Å². The van der Waals surface area contributed by atoms with Gasteiger partial charge >= 0.3 is 0 Å². The topological polar surface area (TPSA) is 107 Å². The van der Waals surface area contributed by atoms with Gasteiger partial charge in [-0.2, -0.15) is 0 Å². The summed E-state index contributed by atoms with van der Waals surface area (Å²) in [6.45, 7) is 5.22. The van der Waals surface area contributed by atoms with Crippen molar-refractivity contribution >= 4 is 35.0 Å². The van der Waals surface area contributed by atoms with Crippen molar-refractivity contribution in [3.63, 3.8) is 0 Å². The number of benzene rings is 3. The molecule has 0 aliphatic carbocycles. The maximum absolute atomic E-state index is 12.8. The summed E-state index contributed by atoms with van der Waals surface area (Å²) in [6, 6.07) is 22.4. The smallest absolute Gasteiger partial charge is 0.234 e. The average molecular weight is 532 g/mol. The molecule has 1 unspecified atom stereocenters. The standard InChI is InChI=1S/C28H29N5O4S/c1-18-16-21(14-15-23(18)29-20(3)34)30-26(35)17-38-28-32-31-27(33(28)22-10-6-5-7-11-22)19(2)37-25-13-9-8-12-24(25)36-4/h5-16,19H,17H2,1-4H3,(H,29,34)(H,30,35). The number of nitrogens with zero attached hydrogens (tertiary/aromatic N) is 3. The van der Waals surface area contributed by atoms with Gasteiger partial charge in [-0.3, -0.25) is 14.2 Å². The molecule has 1 heterocycles. The van der Waals surface area contributed by atoms with Crippen molar-refractivity contribution < 1.29 is 19.1 Å². The fraction of sp³-hybridized carbons (Fsp3) is 0.214. The van der Waals surface area contributed by atoms with Crippen molar-refractivity contribution in [3.8, 4) is 17.2 Å². The number of ether oxygens (including phenoxy) is 2. The van der Waals surface area contributed by atoms with E-state index in [0.717, 1.165) is 11.3 Å². The van der Waals surface area contributed by atoms with Crippen LogP contribution in [-0.4, -0.2) is 39.4 Å². The zero-order valence-corrected chi connectivity index (χ0v) is 22.4. The van der Waals surface area contributed by atoms with E-state index >= 15 is 0 Å². The van der Waals surface area contributed by atoms with Crippen molar-refractivity contribution in [1.29, 1.82) is 0 Å². The van der Waals surface area contributed by atoms with Gasteiger partial charge in [0.2, 0.25) is 11.8 Å². The third kappa shape index (κ3) is 6.51. The molecule has 1 atom stereocenters. The van der Waals surface area contributed by atoms with Crippen LogP contribution in [-0.2, 0) is 9.59 Å². The number of nitrogens with one attached hydrogen (secondary N) is 2. The Hall–Kier alpha value is -4.31. The van der Waals surface area contributed by atoms with E-state index in [2.05, 4.69) is 20.8 Å². The zero-order valence-electron chi connectivity index (χ0n) is 21.6. The molecule has 0 bridgehead atoms. The molecule has 196 valence electrons. The predicted molar refractivity (Wildman–Crippen MR) is 148 cm³/mol. The second-order valence-electron chi connectivity index (χ2n) is 8.47. The second kappa shape index (κ2) is 12.3. The first-order valence-electron chi connectivity index (χ1n) is 12.0.